The molecule has 0 spiro atoms. The molecule has 1 saturated heterocycles. The lowest BCUT2D eigenvalue weighted by Crippen LogP contribution is -2.54. The summed E-state index contributed by atoms with van der Waals surface area (Å²) in [5, 5.41) is 2.79. The number of rotatable bonds is 3. The van der Waals surface area contributed by atoms with Gasteiger partial charge in [0.15, 0.2) is 5.11 Å². The van der Waals surface area contributed by atoms with Crippen LogP contribution >= 0.6 is 12.2 Å². The number of hydrogen-bond acceptors (Lipinski definition) is 4. The van der Waals surface area contributed by atoms with E-state index in [1.165, 1.54) is 16.2 Å². The molecule has 2 aliphatic heterocycles. The Bertz CT molecular complexity index is 1200. The molecule has 2 aromatic rings. The largest absolute Gasteiger partial charge is 0.366 e. The van der Waals surface area contributed by atoms with E-state index in [4.69, 9.17) is 12.2 Å². The number of fused-ring (bicyclic) bond motifs is 1. The van der Waals surface area contributed by atoms with Gasteiger partial charge in [0.05, 0.1) is 5.69 Å². The van der Waals surface area contributed by atoms with Crippen molar-refractivity contribution in [2.24, 2.45) is 0 Å². The molecule has 0 unspecified atom stereocenters. The van der Waals surface area contributed by atoms with Crippen molar-refractivity contribution in [1.82, 2.24) is 5.32 Å². The molecular formula is C27H31N3O2S. The smallest absolute Gasteiger partial charge is 0.270 e. The standard InChI is InChI=1S/C27H31N3O2S/c1-7-29-23-12-17(3)19(13-21(23)18(4)15-27(29,5)6)14-22-24(31)28-26(33)30(25(22)32)20-10-8-9-16(2)11-20/h8-14,18H,7,15H2,1-6H3,(H,28,31,33)/b22-14+/t18-/m0/s1. The Labute approximate surface area is 201 Å². The average molecular weight is 462 g/mol. The number of amides is 2. The molecule has 0 radical (unpaired) electrons. The number of carbonyl (C=O) groups is 2. The van der Waals surface area contributed by atoms with E-state index in [2.05, 4.69) is 50.0 Å². The quantitative estimate of drug-likeness (QED) is 0.386. The van der Waals surface area contributed by atoms with Crippen LogP contribution < -0.4 is 15.1 Å². The molecule has 2 amide bonds. The van der Waals surface area contributed by atoms with Crippen molar-refractivity contribution >= 4 is 46.6 Å². The minimum Gasteiger partial charge on any atom is -0.366 e. The molecule has 4 rings (SSSR count). The van der Waals surface area contributed by atoms with E-state index in [0.29, 0.717) is 11.6 Å². The maximum absolute atomic E-state index is 13.4. The summed E-state index contributed by atoms with van der Waals surface area (Å²) in [6, 6.07) is 11.9. The van der Waals surface area contributed by atoms with Crippen molar-refractivity contribution in [1.29, 1.82) is 0 Å². The van der Waals surface area contributed by atoms with Crippen LogP contribution in [0.1, 0.15) is 62.3 Å². The number of anilines is 2. The fourth-order valence-electron chi connectivity index (χ4n) is 5.22. The number of benzene rings is 2. The molecule has 1 atom stereocenters. The van der Waals surface area contributed by atoms with Gasteiger partial charge in [-0.25, -0.2) is 0 Å². The second-order valence-corrected chi connectivity index (χ2v) is 10.1. The number of thiocarbonyl (C=S) groups is 1. The van der Waals surface area contributed by atoms with Gasteiger partial charge in [-0.1, -0.05) is 19.1 Å². The van der Waals surface area contributed by atoms with Crippen molar-refractivity contribution in [3.63, 3.8) is 0 Å². The minimum absolute atomic E-state index is 0.0802. The molecule has 1 N–H and O–H groups in total. The highest BCUT2D eigenvalue weighted by Crippen LogP contribution is 2.44. The Morgan fingerprint density at radius 1 is 1.18 bits per heavy atom. The number of nitrogens with one attached hydrogen (secondary N) is 1. The molecule has 172 valence electrons. The minimum atomic E-state index is -0.463. The molecule has 0 bridgehead atoms. The van der Waals surface area contributed by atoms with Gasteiger partial charge in [-0.05, 0) is 112 Å². The molecule has 2 aromatic carbocycles. The number of carbonyl (C=O) groups excluding carboxylic acids is 2. The summed E-state index contributed by atoms with van der Waals surface area (Å²) in [6.07, 6.45) is 2.75. The zero-order valence-corrected chi connectivity index (χ0v) is 21.0. The molecule has 0 aliphatic carbocycles. The molecule has 0 aromatic heterocycles. The summed E-state index contributed by atoms with van der Waals surface area (Å²) < 4.78 is 0. The summed E-state index contributed by atoms with van der Waals surface area (Å²) in [5.74, 6) is -0.492. The van der Waals surface area contributed by atoms with E-state index in [1.54, 1.807) is 6.08 Å². The number of nitrogens with zero attached hydrogens (tertiary/aromatic N) is 2. The van der Waals surface area contributed by atoms with Crippen LogP contribution in [0.4, 0.5) is 11.4 Å². The Hall–Kier alpha value is -2.99. The second-order valence-electron chi connectivity index (χ2n) is 9.73. The Morgan fingerprint density at radius 3 is 2.58 bits per heavy atom. The lowest BCUT2D eigenvalue weighted by atomic mass is 9.79. The third-order valence-electron chi connectivity index (χ3n) is 6.75. The van der Waals surface area contributed by atoms with E-state index in [1.807, 2.05) is 38.1 Å². The van der Waals surface area contributed by atoms with Crippen molar-refractivity contribution in [2.75, 3.05) is 16.3 Å². The summed E-state index contributed by atoms with van der Waals surface area (Å²) in [6.45, 7) is 13.9. The van der Waals surface area contributed by atoms with Crippen LogP contribution in [-0.4, -0.2) is 29.0 Å². The van der Waals surface area contributed by atoms with E-state index in [-0.39, 0.29) is 16.2 Å². The molecule has 1 fully saturated rings. The molecule has 5 nitrogen and oxygen atoms in total. The fourth-order valence-corrected chi connectivity index (χ4v) is 5.50. The summed E-state index contributed by atoms with van der Waals surface area (Å²) >= 11 is 5.33. The zero-order chi connectivity index (χ0) is 24.1. The summed E-state index contributed by atoms with van der Waals surface area (Å²) in [7, 11) is 0. The van der Waals surface area contributed by atoms with Gasteiger partial charge < -0.3 is 4.90 Å². The van der Waals surface area contributed by atoms with Gasteiger partial charge >= 0.3 is 0 Å². The van der Waals surface area contributed by atoms with Crippen molar-refractivity contribution in [3.8, 4) is 0 Å². The van der Waals surface area contributed by atoms with Gasteiger partial charge in [0.1, 0.15) is 5.57 Å². The van der Waals surface area contributed by atoms with Crippen molar-refractivity contribution in [2.45, 2.75) is 59.4 Å². The fraction of sp³-hybridized carbons (Fsp3) is 0.370. The van der Waals surface area contributed by atoms with Gasteiger partial charge in [0.2, 0.25) is 0 Å². The van der Waals surface area contributed by atoms with Crippen LogP contribution in [0.15, 0.2) is 42.0 Å². The highest BCUT2D eigenvalue weighted by atomic mass is 32.1. The van der Waals surface area contributed by atoms with E-state index in [0.717, 1.165) is 29.7 Å². The van der Waals surface area contributed by atoms with Crippen LogP contribution in [0.2, 0.25) is 0 Å². The molecule has 6 heteroatoms. The Balaban J connectivity index is 1.78. The Kier molecular flexibility index (Phi) is 5.91. The first-order chi connectivity index (χ1) is 15.5. The van der Waals surface area contributed by atoms with E-state index in [9.17, 15) is 9.59 Å². The first kappa shape index (κ1) is 23.2. The predicted octanol–water partition coefficient (Wildman–Crippen LogP) is 5.25. The van der Waals surface area contributed by atoms with E-state index < -0.39 is 11.8 Å². The summed E-state index contributed by atoms with van der Waals surface area (Å²) in [4.78, 5) is 30.0. The first-order valence-corrected chi connectivity index (χ1v) is 11.8. The third-order valence-corrected chi connectivity index (χ3v) is 7.04. The monoisotopic (exact) mass is 461 g/mol. The van der Waals surface area contributed by atoms with Crippen molar-refractivity contribution < 1.29 is 9.59 Å². The normalized spacial score (nSPS) is 21.3. The van der Waals surface area contributed by atoms with Crippen LogP contribution in [0.5, 0.6) is 0 Å². The molecule has 0 saturated carbocycles. The maximum atomic E-state index is 13.4. The highest BCUT2D eigenvalue weighted by molar-refractivity contribution is 7.80. The average Bonchev–Trinajstić information content (AvgIpc) is 2.71. The highest BCUT2D eigenvalue weighted by Gasteiger charge is 2.37. The van der Waals surface area contributed by atoms with Gasteiger partial charge in [-0.15, -0.1) is 0 Å². The predicted molar refractivity (Wildman–Crippen MR) is 139 cm³/mol. The van der Waals surface area contributed by atoms with Crippen LogP contribution in [0.25, 0.3) is 6.08 Å². The zero-order valence-electron chi connectivity index (χ0n) is 20.2. The van der Waals surface area contributed by atoms with Crippen LogP contribution in [-0.2, 0) is 9.59 Å². The topological polar surface area (TPSA) is 52.7 Å². The lowest BCUT2D eigenvalue weighted by Gasteiger charge is -2.47. The molecule has 33 heavy (non-hydrogen) atoms. The number of aryl methyl sites for hydroxylation is 2. The number of hydrogen-bond donors (Lipinski definition) is 1. The molecule has 2 aliphatic rings. The lowest BCUT2D eigenvalue weighted by molar-refractivity contribution is -0.122. The molecule has 2 heterocycles. The van der Waals surface area contributed by atoms with Gasteiger partial charge in [-0.3, -0.25) is 19.8 Å². The van der Waals surface area contributed by atoms with Crippen LogP contribution in [0.3, 0.4) is 0 Å². The van der Waals surface area contributed by atoms with Gasteiger partial charge in [0.25, 0.3) is 11.8 Å². The second kappa shape index (κ2) is 8.41. The van der Waals surface area contributed by atoms with Crippen molar-refractivity contribution in [3.05, 3.63) is 64.2 Å². The molecular weight excluding hydrogens is 430 g/mol. The van der Waals surface area contributed by atoms with E-state index >= 15 is 0 Å². The maximum Gasteiger partial charge on any atom is 0.270 e. The third kappa shape index (κ3) is 4.08. The van der Waals surface area contributed by atoms with Gasteiger partial charge in [-0.2, -0.15) is 0 Å². The van der Waals surface area contributed by atoms with Crippen LogP contribution in [0, 0.1) is 13.8 Å². The van der Waals surface area contributed by atoms with Gasteiger partial charge in [0, 0.05) is 17.8 Å². The SMILES string of the molecule is CCN1c2cc(C)c(/C=C3\C(=O)NC(=S)N(c4cccc(C)c4)C3=O)cc2[C@@H](C)CC1(C)C. The first-order valence-electron chi connectivity index (χ1n) is 11.4. The Morgan fingerprint density at radius 2 is 1.91 bits per heavy atom. The summed E-state index contributed by atoms with van der Waals surface area (Å²) in [5.41, 5.74) is 6.22.